The maximum absolute atomic E-state index is 9.83. The quantitative estimate of drug-likeness (QED) is 0.781. The molecule has 3 heteroatoms. The van der Waals surface area contributed by atoms with Crippen LogP contribution in [0.25, 0.3) is 0 Å². The highest BCUT2D eigenvalue weighted by Gasteiger charge is 2.15. The Hall–Kier alpha value is -0.900. The van der Waals surface area contributed by atoms with Gasteiger partial charge in [-0.05, 0) is 44.9 Å². The minimum atomic E-state index is -0.431. The van der Waals surface area contributed by atoms with Crippen molar-refractivity contribution in [2.75, 3.05) is 20.7 Å². The number of aliphatic hydroxyl groups excluding tert-OH is 1. The first-order valence-electron chi connectivity index (χ1n) is 6.45. The normalized spacial score (nSPS) is 13.6. The molecule has 1 unspecified atom stereocenters. The van der Waals surface area contributed by atoms with Gasteiger partial charge in [-0.15, -0.1) is 0 Å². The van der Waals surface area contributed by atoms with E-state index in [1.165, 1.54) is 5.56 Å². The molecule has 1 aromatic carbocycles. The van der Waals surface area contributed by atoms with Crippen LogP contribution in [0.5, 0.6) is 0 Å². The van der Waals surface area contributed by atoms with Crippen molar-refractivity contribution in [1.82, 2.24) is 5.32 Å². The average Bonchev–Trinajstić information content (AvgIpc) is 2.37. The molecule has 1 atom stereocenters. The molecule has 1 rings (SSSR count). The maximum atomic E-state index is 9.83. The number of methoxy groups -OCH3 is 1. The second kappa shape index (κ2) is 6.88. The number of hydrogen-bond donors (Lipinski definition) is 2. The highest BCUT2D eigenvalue weighted by Crippen LogP contribution is 2.18. The Balaban J connectivity index is 2.55. The number of hydrogen-bond acceptors (Lipinski definition) is 3. The standard InChI is InChI=1S/C15H25NO2/c1-15(2,18-4)10-9-12-5-7-13(8-6-12)14(17)11-16-3/h5-8,14,16-17H,9-11H2,1-4H3. The predicted molar refractivity (Wildman–Crippen MR) is 74.7 cm³/mol. The van der Waals surface area contributed by atoms with E-state index in [0.29, 0.717) is 6.54 Å². The van der Waals surface area contributed by atoms with E-state index in [9.17, 15) is 5.11 Å². The lowest BCUT2D eigenvalue weighted by atomic mass is 9.97. The van der Waals surface area contributed by atoms with Gasteiger partial charge >= 0.3 is 0 Å². The number of likely N-dealkylation sites (N-methyl/N-ethyl adjacent to an activating group) is 1. The molecule has 0 aliphatic rings. The Morgan fingerprint density at radius 3 is 2.39 bits per heavy atom. The van der Waals surface area contributed by atoms with Crippen molar-refractivity contribution in [3.8, 4) is 0 Å². The lowest BCUT2D eigenvalue weighted by Gasteiger charge is -2.22. The largest absolute Gasteiger partial charge is 0.387 e. The van der Waals surface area contributed by atoms with Gasteiger partial charge in [0, 0.05) is 13.7 Å². The van der Waals surface area contributed by atoms with E-state index in [2.05, 4.69) is 31.3 Å². The molecule has 0 aromatic heterocycles. The summed E-state index contributed by atoms with van der Waals surface area (Å²) in [6.07, 6.45) is 1.55. The zero-order valence-corrected chi connectivity index (χ0v) is 11.9. The van der Waals surface area contributed by atoms with Crippen molar-refractivity contribution in [1.29, 1.82) is 0 Å². The maximum Gasteiger partial charge on any atom is 0.0914 e. The van der Waals surface area contributed by atoms with Crippen LogP contribution < -0.4 is 5.32 Å². The zero-order chi connectivity index (χ0) is 13.6. The molecule has 0 spiro atoms. The fourth-order valence-corrected chi connectivity index (χ4v) is 1.77. The van der Waals surface area contributed by atoms with E-state index in [0.717, 1.165) is 18.4 Å². The van der Waals surface area contributed by atoms with Crippen molar-refractivity contribution in [3.63, 3.8) is 0 Å². The molecular formula is C15H25NO2. The molecule has 1 aromatic rings. The van der Waals surface area contributed by atoms with Crippen LogP contribution in [-0.4, -0.2) is 31.4 Å². The first-order chi connectivity index (χ1) is 8.48. The first-order valence-corrected chi connectivity index (χ1v) is 6.45. The van der Waals surface area contributed by atoms with Crippen molar-refractivity contribution in [3.05, 3.63) is 35.4 Å². The van der Waals surface area contributed by atoms with Gasteiger partial charge in [0.25, 0.3) is 0 Å². The predicted octanol–water partition coefficient (Wildman–Crippen LogP) is 2.30. The third-order valence-electron chi connectivity index (χ3n) is 3.33. The molecule has 0 heterocycles. The molecule has 0 aliphatic carbocycles. The van der Waals surface area contributed by atoms with Gasteiger partial charge < -0.3 is 15.2 Å². The van der Waals surface area contributed by atoms with Gasteiger partial charge in [-0.2, -0.15) is 0 Å². The minimum Gasteiger partial charge on any atom is -0.387 e. The van der Waals surface area contributed by atoms with E-state index in [-0.39, 0.29) is 5.60 Å². The molecule has 2 N–H and O–H groups in total. The highest BCUT2D eigenvalue weighted by atomic mass is 16.5. The van der Waals surface area contributed by atoms with Gasteiger partial charge in [-0.1, -0.05) is 24.3 Å². The van der Waals surface area contributed by atoms with E-state index in [1.54, 1.807) is 7.11 Å². The van der Waals surface area contributed by atoms with E-state index >= 15 is 0 Å². The van der Waals surface area contributed by atoms with Crippen molar-refractivity contribution >= 4 is 0 Å². The van der Waals surface area contributed by atoms with Crippen LogP contribution in [0.3, 0.4) is 0 Å². The topological polar surface area (TPSA) is 41.5 Å². The van der Waals surface area contributed by atoms with Crippen LogP contribution in [0.15, 0.2) is 24.3 Å². The van der Waals surface area contributed by atoms with Crippen LogP contribution in [0.2, 0.25) is 0 Å². The number of nitrogens with one attached hydrogen (secondary N) is 1. The monoisotopic (exact) mass is 251 g/mol. The summed E-state index contributed by atoms with van der Waals surface area (Å²) in [5.41, 5.74) is 2.16. The van der Waals surface area contributed by atoms with E-state index < -0.39 is 6.10 Å². The van der Waals surface area contributed by atoms with Gasteiger partial charge in [0.15, 0.2) is 0 Å². The third-order valence-corrected chi connectivity index (χ3v) is 3.33. The number of benzene rings is 1. The second-order valence-corrected chi connectivity index (χ2v) is 5.28. The van der Waals surface area contributed by atoms with Gasteiger partial charge in [-0.3, -0.25) is 0 Å². The van der Waals surface area contributed by atoms with Gasteiger partial charge in [-0.25, -0.2) is 0 Å². The number of aryl methyl sites for hydroxylation is 1. The highest BCUT2D eigenvalue weighted by molar-refractivity contribution is 5.24. The minimum absolute atomic E-state index is 0.0791. The van der Waals surface area contributed by atoms with Gasteiger partial charge in [0.2, 0.25) is 0 Å². The summed E-state index contributed by atoms with van der Waals surface area (Å²) in [6, 6.07) is 8.16. The Morgan fingerprint density at radius 1 is 1.28 bits per heavy atom. The molecular weight excluding hydrogens is 226 g/mol. The smallest absolute Gasteiger partial charge is 0.0914 e. The number of aliphatic hydroxyl groups is 1. The van der Waals surface area contributed by atoms with Crippen LogP contribution in [0, 0.1) is 0 Å². The first kappa shape index (κ1) is 15.2. The number of rotatable bonds is 7. The Bertz CT molecular complexity index is 346. The Morgan fingerprint density at radius 2 is 1.89 bits per heavy atom. The van der Waals surface area contributed by atoms with Crippen LogP contribution in [0.4, 0.5) is 0 Å². The summed E-state index contributed by atoms with van der Waals surface area (Å²) >= 11 is 0. The van der Waals surface area contributed by atoms with Crippen molar-refractivity contribution in [2.45, 2.75) is 38.4 Å². The lowest BCUT2D eigenvalue weighted by Crippen LogP contribution is -2.23. The average molecular weight is 251 g/mol. The molecule has 0 saturated carbocycles. The lowest BCUT2D eigenvalue weighted by molar-refractivity contribution is 0.0158. The molecule has 0 bridgehead atoms. The van der Waals surface area contributed by atoms with Crippen molar-refractivity contribution in [2.24, 2.45) is 0 Å². The van der Waals surface area contributed by atoms with E-state index in [4.69, 9.17) is 4.74 Å². The molecule has 0 radical (unpaired) electrons. The second-order valence-electron chi connectivity index (χ2n) is 5.28. The summed E-state index contributed by atoms with van der Waals surface area (Å²) < 4.78 is 5.41. The van der Waals surface area contributed by atoms with Gasteiger partial charge in [0.05, 0.1) is 11.7 Å². The summed E-state index contributed by atoms with van der Waals surface area (Å²) in [5, 5.41) is 12.8. The molecule has 3 nitrogen and oxygen atoms in total. The molecule has 0 aliphatic heterocycles. The van der Waals surface area contributed by atoms with Crippen LogP contribution in [0.1, 0.15) is 37.5 Å². The molecule has 0 fully saturated rings. The summed E-state index contributed by atoms with van der Waals surface area (Å²) in [4.78, 5) is 0. The third kappa shape index (κ3) is 4.77. The SMILES string of the molecule is CNCC(O)c1ccc(CCC(C)(C)OC)cc1. The van der Waals surface area contributed by atoms with Gasteiger partial charge in [0.1, 0.15) is 0 Å². The van der Waals surface area contributed by atoms with Crippen LogP contribution >= 0.6 is 0 Å². The summed E-state index contributed by atoms with van der Waals surface area (Å²) in [5.74, 6) is 0. The summed E-state index contributed by atoms with van der Waals surface area (Å²) in [6.45, 7) is 4.77. The van der Waals surface area contributed by atoms with Crippen molar-refractivity contribution < 1.29 is 9.84 Å². The molecule has 102 valence electrons. The fourth-order valence-electron chi connectivity index (χ4n) is 1.77. The molecule has 0 saturated heterocycles. The molecule has 0 amide bonds. The van der Waals surface area contributed by atoms with E-state index in [1.807, 2.05) is 19.2 Å². The number of ether oxygens (including phenoxy) is 1. The Labute approximate surface area is 110 Å². The summed E-state index contributed by atoms with van der Waals surface area (Å²) in [7, 11) is 3.58. The molecule has 18 heavy (non-hydrogen) atoms. The zero-order valence-electron chi connectivity index (χ0n) is 11.9. The van der Waals surface area contributed by atoms with Crippen LogP contribution in [-0.2, 0) is 11.2 Å². The Kier molecular flexibility index (Phi) is 5.79. The fraction of sp³-hybridized carbons (Fsp3) is 0.600.